The van der Waals surface area contributed by atoms with Crippen LogP contribution in [0.5, 0.6) is 0 Å². The van der Waals surface area contributed by atoms with E-state index in [9.17, 15) is 5.11 Å². The summed E-state index contributed by atoms with van der Waals surface area (Å²) in [5, 5.41) is 16.1. The second kappa shape index (κ2) is 12.5. The van der Waals surface area contributed by atoms with Crippen molar-refractivity contribution in [1.82, 2.24) is 15.5 Å². The summed E-state index contributed by atoms with van der Waals surface area (Å²) in [7, 11) is 1.81. The summed E-state index contributed by atoms with van der Waals surface area (Å²) < 4.78 is 5.53. The van der Waals surface area contributed by atoms with E-state index in [1.54, 1.807) is 7.05 Å². The van der Waals surface area contributed by atoms with Gasteiger partial charge in [0.05, 0.1) is 6.61 Å². The minimum Gasteiger partial charge on any atom is -0.396 e. The molecule has 3 N–H and O–H groups in total. The molecule has 0 aromatic carbocycles. The molecule has 1 rings (SSSR count). The van der Waals surface area contributed by atoms with Gasteiger partial charge < -0.3 is 25.4 Å². The van der Waals surface area contributed by atoms with Crippen LogP contribution in [-0.4, -0.2) is 75.6 Å². The number of nitrogens with zero attached hydrogens (tertiary/aromatic N) is 2. The highest BCUT2D eigenvalue weighted by atomic mass is 16.5. The van der Waals surface area contributed by atoms with Crippen LogP contribution in [0.25, 0.3) is 0 Å². The zero-order chi connectivity index (χ0) is 17.7. The highest BCUT2D eigenvalue weighted by molar-refractivity contribution is 5.79. The van der Waals surface area contributed by atoms with Crippen LogP contribution in [0.3, 0.4) is 0 Å². The molecule has 24 heavy (non-hydrogen) atoms. The van der Waals surface area contributed by atoms with Crippen molar-refractivity contribution in [3.05, 3.63) is 0 Å². The number of ether oxygens (including phenoxy) is 1. The fourth-order valence-electron chi connectivity index (χ4n) is 3.28. The van der Waals surface area contributed by atoms with Crippen molar-refractivity contribution in [2.45, 2.75) is 46.0 Å². The molecule has 0 bridgehead atoms. The number of nitrogens with one attached hydrogen (secondary N) is 2. The molecule has 1 aliphatic heterocycles. The molecular weight excluding hydrogens is 304 g/mol. The summed E-state index contributed by atoms with van der Waals surface area (Å²) in [6.07, 6.45) is 5.32. The number of aliphatic imine (C=N–C) groups is 1. The van der Waals surface area contributed by atoms with E-state index in [0.29, 0.717) is 0 Å². The van der Waals surface area contributed by atoms with Crippen LogP contribution < -0.4 is 10.6 Å². The molecule has 1 fully saturated rings. The van der Waals surface area contributed by atoms with Gasteiger partial charge in [0.25, 0.3) is 0 Å². The highest BCUT2D eigenvalue weighted by Gasteiger charge is 2.34. The lowest BCUT2D eigenvalue weighted by atomic mass is 9.84. The Morgan fingerprint density at radius 2 is 1.96 bits per heavy atom. The third-order valence-corrected chi connectivity index (χ3v) is 4.70. The van der Waals surface area contributed by atoms with Crippen molar-refractivity contribution < 1.29 is 9.84 Å². The Hall–Kier alpha value is -0.850. The highest BCUT2D eigenvalue weighted by Crippen LogP contribution is 2.31. The first-order valence-electron chi connectivity index (χ1n) is 9.55. The molecule has 0 aliphatic carbocycles. The molecule has 1 atom stereocenters. The van der Waals surface area contributed by atoms with Crippen molar-refractivity contribution in [2.75, 3.05) is 59.6 Å². The third-order valence-electron chi connectivity index (χ3n) is 4.70. The van der Waals surface area contributed by atoms with Gasteiger partial charge in [0.2, 0.25) is 0 Å². The molecule has 6 heteroatoms. The summed E-state index contributed by atoms with van der Waals surface area (Å²) in [6.45, 7) is 11.4. The number of hydrogen-bond donors (Lipinski definition) is 3. The third kappa shape index (κ3) is 7.81. The van der Waals surface area contributed by atoms with Crippen molar-refractivity contribution >= 4 is 5.96 Å². The monoisotopic (exact) mass is 342 g/mol. The molecule has 142 valence electrons. The lowest BCUT2D eigenvalue weighted by molar-refractivity contribution is 0.127. The molecule has 6 nitrogen and oxygen atoms in total. The van der Waals surface area contributed by atoms with Crippen molar-refractivity contribution in [3.63, 3.8) is 0 Å². The van der Waals surface area contributed by atoms with E-state index in [1.807, 2.05) is 0 Å². The van der Waals surface area contributed by atoms with E-state index >= 15 is 0 Å². The van der Waals surface area contributed by atoms with E-state index in [4.69, 9.17) is 4.74 Å². The zero-order valence-electron chi connectivity index (χ0n) is 15.9. The SMILES string of the molecule is CCCN(CCC)CCCNC(=NC)NCC1(CCO)CCOC1. The van der Waals surface area contributed by atoms with Gasteiger partial charge in [-0.05, 0) is 51.7 Å². The van der Waals surface area contributed by atoms with Gasteiger partial charge in [0, 0.05) is 38.8 Å². The van der Waals surface area contributed by atoms with E-state index in [2.05, 4.69) is 34.4 Å². The van der Waals surface area contributed by atoms with E-state index in [-0.39, 0.29) is 12.0 Å². The van der Waals surface area contributed by atoms with Gasteiger partial charge in [0.15, 0.2) is 5.96 Å². The number of aliphatic hydroxyl groups is 1. The molecule has 1 unspecified atom stereocenters. The second-order valence-electron chi connectivity index (χ2n) is 6.82. The molecule has 1 saturated heterocycles. The molecule has 1 heterocycles. The summed E-state index contributed by atoms with van der Waals surface area (Å²) in [6, 6.07) is 0. The molecule has 0 spiro atoms. The maximum Gasteiger partial charge on any atom is 0.190 e. The van der Waals surface area contributed by atoms with Crippen molar-refractivity contribution in [2.24, 2.45) is 10.4 Å². The normalized spacial score (nSPS) is 21.5. The number of rotatable bonds is 12. The van der Waals surface area contributed by atoms with Gasteiger partial charge in [0.1, 0.15) is 0 Å². The lowest BCUT2D eigenvalue weighted by Gasteiger charge is -2.28. The molecular formula is C18H38N4O2. The van der Waals surface area contributed by atoms with Gasteiger partial charge in [-0.15, -0.1) is 0 Å². The topological polar surface area (TPSA) is 69.1 Å². The van der Waals surface area contributed by atoms with Gasteiger partial charge in [-0.2, -0.15) is 0 Å². The average molecular weight is 343 g/mol. The Morgan fingerprint density at radius 1 is 1.21 bits per heavy atom. The van der Waals surface area contributed by atoms with Crippen molar-refractivity contribution in [3.8, 4) is 0 Å². The smallest absolute Gasteiger partial charge is 0.190 e. The first-order valence-corrected chi connectivity index (χ1v) is 9.55. The van der Waals surface area contributed by atoms with Crippen LogP contribution in [0.2, 0.25) is 0 Å². The quantitative estimate of drug-likeness (QED) is 0.285. The average Bonchev–Trinajstić information content (AvgIpc) is 3.03. The van der Waals surface area contributed by atoms with Gasteiger partial charge >= 0.3 is 0 Å². The largest absolute Gasteiger partial charge is 0.396 e. The van der Waals surface area contributed by atoms with Gasteiger partial charge in [-0.1, -0.05) is 13.8 Å². The van der Waals surface area contributed by atoms with E-state index < -0.39 is 0 Å². The van der Waals surface area contributed by atoms with E-state index in [1.165, 1.54) is 25.9 Å². The standard InChI is InChI=1S/C18H38N4O2/c1-4-10-22(11-5-2)12-6-9-20-17(19-3)21-15-18(7-13-23)8-14-24-16-18/h23H,4-16H2,1-3H3,(H2,19,20,21). The minimum atomic E-state index is 0.0470. The van der Waals surface area contributed by atoms with Crippen molar-refractivity contribution in [1.29, 1.82) is 0 Å². The Morgan fingerprint density at radius 3 is 2.50 bits per heavy atom. The zero-order valence-corrected chi connectivity index (χ0v) is 15.9. The Kier molecular flexibility index (Phi) is 11.0. The summed E-state index contributed by atoms with van der Waals surface area (Å²) in [5.41, 5.74) is 0.0470. The Labute approximate surface area is 148 Å². The molecule has 1 aliphatic rings. The summed E-state index contributed by atoms with van der Waals surface area (Å²) >= 11 is 0. The summed E-state index contributed by atoms with van der Waals surface area (Å²) in [4.78, 5) is 6.84. The second-order valence-corrected chi connectivity index (χ2v) is 6.82. The fraction of sp³-hybridized carbons (Fsp3) is 0.944. The first kappa shape index (κ1) is 21.2. The lowest BCUT2D eigenvalue weighted by Crippen LogP contribution is -2.45. The number of aliphatic hydroxyl groups excluding tert-OH is 1. The maximum absolute atomic E-state index is 9.29. The van der Waals surface area contributed by atoms with Crippen LogP contribution in [0.4, 0.5) is 0 Å². The molecule has 0 amide bonds. The predicted molar refractivity (Wildman–Crippen MR) is 101 cm³/mol. The molecule has 0 aromatic heterocycles. The van der Waals surface area contributed by atoms with Crippen LogP contribution in [0, 0.1) is 5.41 Å². The number of guanidine groups is 1. The number of hydrogen-bond acceptors (Lipinski definition) is 4. The fourth-order valence-corrected chi connectivity index (χ4v) is 3.28. The van der Waals surface area contributed by atoms with Crippen LogP contribution in [-0.2, 0) is 4.74 Å². The summed E-state index contributed by atoms with van der Waals surface area (Å²) in [5.74, 6) is 0.844. The predicted octanol–water partition coefficient (Wildman–Crippen LogP) is 1.45. The molecule has 0 saturated carbocycles. The van der Waals surface area contributed by atoms with Crippen LogP contribution >= 0.6 is 0 Å². The van der Waals surface area contributed by atoms with E-state index in [0.717, 1.165) is 58.1 Å². The maximum atomic E-state index is 9.29. The minimum absolute atomic E-state index is 0.0470. The first-order chi connectivity index (χ1) is 11.7. The Balaban J connectivity index is 2.27. The van der Waals surface area contributed by atoms with Gasteiger partial charge in [-0.3, -0.25) is 4.99 Å². The Bertz CT molecular complexity index is 338. The van der Waals surface area contributed by atoms with Crippen LogP contribution in [0.1, 0.15) is 46.0 Å². The van der Waals surface area contributed by atoms with Gasteiger partial charge in [-0.25, -0.2) is 0 Å². The molecule has 0 aromatic rings. The van der Waals surface area contributed by atoms with Crippen LogP contribution in [0.15, 0.2) is 4.99 Å². The molecule has 0 radical (unpaired) electrons.